The zero-order chi connectivity index (χ0) is 23.0. The molecule has 0 aromatic carbocycles. The molecule has 2 N–H and O–H groups in total. The van der Waals surface area contributed by atoms with Crippen LogP contribution in [0.25, 0.3) is 5.82 Å². The van der Waals surface area contributed by atoms with Crippen LogP contribution in [-0.4, -0.2) is 20.4 Å². The maximum absolute atomic E-state index is 13.1. The molecule has 0 aliphatic heterocycles. The van der Waals surface area contributed by atoms with E-state index in [4.69, 9.17) is 23.2 Å². The Labute approximate surface area is 179 Å². The van der Waals surface area contributed by atoms with Gasteiger partial charge in [-0.1, -0.05) is 23.2 Å². The van der Waals surface area contributed by atoms with Crippen LogP contribution in [0.5, 0.6) is 0 Å². The minimum atomic E-state index is -4.75. The predicted octanol–water partition coefficient (Wildman–Crippen LogP) is 5.37. The van der Waals surface area contributed by atoms with Crippen molar-refractivity contribution in [1.82, 2.24) is 20.0 Å². The number of pyridine rings is 2. The first-order valence-corrected chi connectivity index (χ1v) is 8.84. The summed E-state index contributed by atoms with van der Waals surface area (Å²) in [5.41, 5.74) is 1.68. The lowest BCUT2D eigenvalue weighted by Gasteiger charge is -2.15. The topological polar surface area (TPSA) is 71.8 Å². The summed E-state index contributed by atoms with van der Waals surface area (Å²) >= 11 is 11.5. The SMILES string of the molecule is O=C(NNc1nccc(C(F)(F)F)c1Cl)c1cccn1-c1nccc(C(F)(F)F)c1Cl. The Bertz CT molecular complexity index is 1130. The molecule has 0 aliphatic rings. The number of nitrogens with zero attached hydrogens (tertiary/aromatic N) is 3. The number of rotatable bonds is 4. The molecule has 0 unspecified atom stereocenters. The summed E-state index contributed by atoms with van der Waals surface area (Å²) in [6.45, 7) is 0. The maximum Gasteiger partial charge on any atom is 0.418 e. The standard InChI is InChI=1S/C17H9Cl2F6N5O/c18-11-8(16(20,21)22)3-5-26-13(11)28-29-15(31)10-2-1-7-30(10)14-12(19)9(4-6-27-14)17(23,24)25/h1-7H,(H,26,28)(H,29,31). The monoisotopic (exact) mass is 483 g/mol. The number of carbonyl (C=O) groups excluding carboxylic acids is 1. The van der Waals surface area contributed by atoms with Crippen molar-refractivity contribution in [3.8, 4) is 5.82 Å². The van der Waals surface area contributed by atoms with E-state index in [2.05, 4.69) is 20.8 Å². The van der Waals surface area contributed by atoms with E-state index in [-0.39, 0.29) is 11.5 Å². The highest BCUT2D eigenvalue weighted by Crippen LogP contribution is 2.38. The average Bonchev–Trinajstić information content (AvgIpc) is 3.15. The number of hydrogen-bond donors (Lipinski definition) is 2. The van der Waals surface area contributed by atoms with Crippen LogP contribution < -0.4 is 10.9 Å². The van der Waals surface area contributed by atoms with Crippen LogP contribution in [-0.2, 0) is 12.4 Å². The lowest BCUT2D eigenvalue weighted by Crippen LogP contribution is -2.31. The fraction of sp³-hybridized carbons (Fsp3) is 0.118. The van der Waals surface area contributed by atoms with Crippen LogP contribution in [0.1, 0.15) is 21.6 Å². The van der Waals surface area contributed by atoms with Crippen molar-refractivity contribution in [3.05, 3.63) is 69.7 Å². The molecule has 0 spiro atoms. The van der Waals surface area contributed by atoms with E-state index in [1.54, 1.807) is 0 Å². The van der Waals surface area contributed by atoms with Crippen LogP contribution in [0.15, 0.2) is 42.9 Å². The Morgan fingerprint density at radius 2 is 1.48 bits per heavy atom. The van der Waals surface area contributed by atoms with Crippen LogP contribution in [0, 0.1) is 0 Å². The highest BCUT2D eigenvalue weighted by atomic mass is 35.5. The molecule has 3 heterocycles. The number of carbonyl (C=O) groups is 1. The van der Waals surface area contributed by atoms with Crippen molar-refractivity contribution in [2.75, 3.05) is 5.43 Å². The molecule has 0 bridgehead atoms. The third kappa shape index (κ3) is 4.69. The second-order valence-corrected chi connectivity index (χ2v) is 6.61. The first-order chi connectivity index (χ1) is 14.4. The third-order valence-corrected chi connectivity index (χ3v) is 4.63. The van der Waals surface area contributed by atoms with Crippen molar-refractivity contribution >= 4 is 34.9 Å². The molecule has 0 fully saturated rings. The first kappa shape index (κ1) is 22.7. The molecule has 3 aromatic heterocycles. The Hall–Kier alpha value is -2.99. The summed E-state index contributed by atoms with van der Waals surface area (Å²) in [7, 11) is 0. The summed E-state index contributed by atoms with van der Waals surface area (Å²) in [5.74, 6) is -1.80. The van der Waals surface area contributed by atoms with Crippen LogP contribution in [0.4, 0.5) is 32.2 Å². The van der Waals surface area contributed by atoms with Gasteiger partial charge in [-0.25, -0.2) is 9.97 Å². The molecule has 164 valence electrons. The molecular formula is C17H9Cl2F6N5O. The van der Waals surface area contributed by atoms with E-state index in [0.717, 1.165) is 17.0 Å². The molecule has 0 radical (unpaired) electrons. The van der Waals surface area contributed by atoms with Crippen molar-refractivity contribution in [3.63, 3.8) is 0 Å². The van der Waals surface area contributed by atoms with Crippen LogP contribution in [0.3, 0.4) is 0 Å². The third-order valence-electron chi connectivity index (χ3n) is 3.87. The molecule has 1 amide bonds. The normalized spacial score (nSPS) is 12.0. The fourth-order valence-electron chi connectivity index (χ4n) is 2.50. The molecule has 6 nitrogen and oxygen atoms in total. The molecule has 14 heteroatoms. The Balaban J connectivity index is 1.87. The van der Waals surface area contributed by atoms with Gasteiger partial charge in [0, 0.05) is 18.6 Å². The minimum Gasteiger partial charge on any atom is -0.295 e. The second-order valence-electron chi connectivity index (χ2n) is 5.86. The van der Waals surface area contributed by atoms with Gasteiger partial charge in [0.25, 0.3) is 5.91 Å². The first-order valence-electron chi connectivity index (χ1n) is 8.08. The quantitative estimate of drug-likeness (QED) is 0.386. The summed E-state index contributed by atoms with van der Waals surface area (Å²) in [6.07, 6.45) is -6.56. The van der Waals surface area contributed by atoms with Crippen molar-refractivity contribution in [2.24, 2.45) is 0 Å². The number of alkyl halides is 6. The fourth-order valence-corrected chi connectivity index (χ4v) is 3.08. The van der Waals surface area contributed by atoms with Crippen molar-refractivity contribution in [1.29, 1.82) is 0 Å². The largest absolute Gasteiger partial charge is 0.418 e. The van der Waals surface area contributed by atoms with Gasteiger partial charge >= 0.3 is 12.4 Å². The van der Waals surface area contributed by atoms with Crippen LogP contribution >= 0.6 is 23.2 Å². The number of hydrogen-bond acceptors (Lipinski definition) is 4. The van der Waals surface area contributed by atoms with E-state index in [9.17, 15) is 31.1 Å². The highest BCUT2D eigenvalue weighted by molar-refractivity contribution is 6.34. The zero-order valence-electron chi connectivity index (χ0n) is 14.8. The molecule has 0 atom stereocenters. The van der Waals surface area contributed by atoms with Crippen molar-refractivity contribution in [2.45, 2.75) is 12.4 Å². The maximum atomic E-state index is 13.1. The Morgan fingerprint density at radius 3 is 2.10 bits per heavy atom. The van der Waals surface area contributed by atoms with E-state index in [0.29, 0.717) is 12.1 Å². The molecule has 31 heavy (non-hydrogen) atoms. The van der Waals surface area contributed by atoms with Gasteiger partial charge in [-0.05, 0) is 24.3 Å². The Kier molecular flexibility index (Phi) is 6.05. The molecule has 0 aliphatic carbocycles. The van der Waals surface area contributed by atoms with Gasteiger partial charge in [0.2, 0.25) is 0 Å². The minimum absolute atomic E-state index is 0.218. The Morgan fingerprint density at radius 1 is 0.903 bits per heavy atom. The zero-order valence-corrected chi connectivity index (χ0v) is 16.3. The number of anilines is 1. The smallest absolute Gasteiger partial charge is 0.295 e. The van der Waals surface area contributed by atoms with Gasteiger partial charge in [0.1, 0.15) is 5.69 Å². The molecule has 0 saturated carbocycles. The average molecular weight is 484 g/mol. The van der Waals surface area contributed by atoms with Gasteiger partial charge in [-0.3, -0.25) is 20.2 Å². The highest BCUT2D eigenvalue weighted by Gasteiger charge is 2.35. The molecular weight excluding hydrogens is 475 g/mol. The van der Waals surface area contributed by atoms with Gasteiger partial charge in [-0.15, -0.1) is 0 Å². The van der Waals surface area contributed by atoms with E-state index >= 15 is 0 Å². The molecule has 3 aromatic rings. The molecule has 3 rings (SSSR count). The van der Waals surface area contributed by atoms with Gasteiger partial charge in [-0.2, -0.15) is 26.3 Å². The number of amides is 1. The van der Waals surface area contributed by atoms with Crippen LogP contribution in [0.2, 0.25) is 10.0 Å². The van der Waals surface area contributed by atoms with Gasteiger partial charge in [0.05, 0.1) is 21.2 Å². The lowest BCUT2D eigenvalue weighted by atomic mass is 10.2. The van der Waals surface area contributed by atoms with E-state index < -0.39 is 45.2 Å². The number of hydrazine groups is 1. The number of nitrogens with one attached hydrogen (secondary N) is 2. The summed E-state index contributed by atoms with van der Waals surface area (Å²) < 4.78 is 79.0. The summed E-state index contributed by atoms with van der Waals surface area (Å²) in [6, 6.07) is 3.90. The van der Waals surface area contributed by atoms with E-state index in [1.807, 2.05) is 0 Å². The summed E-state index contributed by atoms with van der Waals surface area (Å²) in [4.78, 5) is 19.9. The van der Waals surface area contributed by atoms with E-state index in [1.165, 1.54) is 18.3 Å². The van der Waals surface area contributed by atoms with Gasteiger partial charge < -0.3 is 0 Å². The predicted molar refractivity (Wildman–Crippen MR) is 98.9 cm³/mol. The lowest BCUT2D eigenvalue weighted by molar-refractivity contribution is -0.138. The number of aromatic nitrogens is 3. The molecule has 0 saturated heterocycles. The van der Waals surface area contributed by atoms with Crippen molar-refractivity contribution < 1.29 is 31.1 Å². The van der Waals surface area contributed by atoms with Gasteiger partial charge in [0.15, 0.2) is 11.6 Å². The second kappa shape index (κ2) is 8.27. The number of halogens is 8. The summed E-state index contributed by atoms with van der Waals surface area (Å²) in [5, 5.41) is -1.52.